The molecule has 0 saturated carbocycles. The third-order valence-corrected chi connectivity index (χ3v) is 2.51. The molecule has 0 bridgehead atoms. The highest BCUT2D eigenvalue weighted by Gasteiger charge is 2.28. The lowest BCUT2D eigenvalue weighted by molar-refractivity contribution is 0.0249. The zero-order valence-electron chi connectivity index (χ0n) is 7.44. The highest BCUT2D eigenvalue weighted by atomic mass is 16.5. The van der Waals surface area contributed by atoms with E-state index >= 15 is 0 Å². The fourth-order valence-electron chi connectivity index (χ4n) is 1.41. The zero-order valence-corrected chi connectivity index (χ0v) is 7.44. The van der Waals surface area contributed by atoms with E-state index in [1.165, 1.54) is 12.8 Å². The average molecular weight is 155 g/mol. The van der Waals surface area contributed by atoms with Crippen LogP contribution in [0.25, 0.3) is 0 Å². The number of rotatable bonds is 1. The summed E-state index contributed by atoms with van der Waals surface area (Å²) in [6.45, 7) is 4.69. The van der Waals surface area contributed by atoms with E-state index in [0.29, 0.717) is 5.71 Å². The molecule has 1 fully saturated rings. The van der Waals surface area contributed by atoms with Crippen molar-refractivity contribution in [3.05, 3.63) is 0 Å². The molecule has 0 spiro atoms. The van der Waals surface area contributed by atoms with Gasteiger partial charge in [-0.3, -0.25) is 0 Å². The fraction of sp³-hybridized carbons (Fsp3) is 0.889. The van der Waals surface area contributed by atoms with Crippen LogP contribution < -0.4 is 0 Å². The van der Waals surface area contributed by atoms with Crippen molar-refractivity contribution in [2.24, 2.45) is 0 Å². The van der Waals surface area contributed by atoms with Gasteiger partial charge in [0.05, 0.1) is 0 Å². The second-order valence-electron chi connectivity index (χ2n) is 3.51. The molecule has 0 aliphatic carbocycles. The van der Waals surface area contributed by atoms with Gasteiger partial charge in [0.15, 0.2) is 0 Å². The van der Waals surface area contributed by atoms with Crippen LogP contribution in [0, 0.1) is 5.41 Å². The van der Waals surface area contributed by atoms with Crippen molar-refractivity contribution in [2.75, 3.05) is 6.61 Å². The Morgan fingerprint density at radius 2 is 2.09 bits per heavy atom. The first kappa shape index (κ1) is 8.72. The summed E-state index contributed by atoms with van der Waals surface area (Å²) < 4.78 is 5.63. The molecular formula is C9H17NO. The molecule has 0 aromatic rings. The minimum atomic E-state index is -0.253. The van der Waals surface area contributed by atoms with Crippen molar-refractivity contribution < 1.29 is 4.74 Å². The van der Waals surface area contributed by atoms with E-state index in [-0.39, 0.29) is 5.60 Å². The standard InChI is InChI=1S/C9H17NO/c1-8(10)9(2)6-4-3-5-7-11-9/h10H,3-7H2,1-2H3. The van der Waals surface area contributed by atoms with Gasteiger partial charge >= 0.3 is 0 Å². The first-order valence-corrected chi connectivity index (χ1v) is 4.35. The van der Waals surface area contributed by atoms with Crippen LogP contribution in [0.5, 0.6) is 0 Å². The van der Waals surface area contributed by atoms with Gasteiger partial charge in [-0.25, -0.2) is 0 Å². The Balaban J connectivity index is 2.59. The van der Waals surface area contributed by atoms with Gasteiger partial charge in [-0.2, -0.15) is 0 Å². The molecule has 1 rings (SSSR count). The van der Waals surface area contributed by atoms with E-state index in [4.69, 9.17) is 10.1 Å². The van der Waals surface area contributed by atoms with Gasteiger partial charge in [-0.05, 0) is 26.7 Å². The highest BCUT2D eigenvalue weighted by molar-refractivity contribution is 5.87. The summed E-state index contributed by atoms with van der Waals surface area (Å²) in [6.07, 6.45) is 4.63. The normalized spacial score (nSPS) is 32.9. The van der Waals surface area contributed by atoms with Crippen molar-refractivity contribution in [1.29, 1.82) is 5.41 Å². The number of hydrogen-bond donors (Lipinski definition) is 1. The lowest BCUT2D eigenvalue weighted by Crippen LogP contribution is -2.35. The molecule has 1 saturated heterocycles. The summed E-state index contributed by atoms with van der Waals surface area (Å²) in [5.74, 6) is 0. The summed E-state index contributed by atoms with van der Waals surface area (Å²) in [5, 5.41) is 7.56. The maximum Gasteiger partial charge on any atom is 0.102 e. The summed E-state index contributed by atoms with van der Waals surface area (Å²) in [6, 6.07) is 0. The van der Waals surface area contributed by atoms with Gasteiger partial charge in [-0.15, -0.1) is 0 Å². The Morgan fingerprint density at radius 3 is 2.73 bits per heavy atom. The Kier molecular flexibility index (Phi) is 2.66. The molecule has 1 aliphatic heterocycles. The van der Waals surface area contributed by atoms with E-state index in [0.717, 1.165) is 19.4 Å². The van der Waals surface area contributed by atoms with Gasteiger partial charge in [-0.1, -0.05) is 12.8 Å². The van der Waals surface area contributed by atoms with Crippen LogP contribution in [0.1, 0.15) is 39.5 Å². The maximum atomic E-state index is 7.56. The zero-order chi connectivity index (χ0) is 8.32. The first-order valence-electron chi connectivity index (χ1n) is 4.35. The van der Waals surface area contributed by atoms with Gasteiger partial charge in [0.2, 0.25) is 0 Å². The van der Waals surface area contributed by atoms with Crippen LogP contribution in [0.4, 0.5) is 0 Å². The molecule has 64 valence electrons. The van der Waals surface area contributed by atoms with Crippen molar-refractivity contribution >= 4 is 5.71 Å². The largest absolute Gasteiger partial charge is 0.369 e. The van der Waals surface area contributed by atoms with Crippen molar-refractivity contribution in [1.82, 2.24) is 0 Å². The predicted molar refractivity (Wildman–Crippen MR) is 46.2 cm³/mol. The number of ether oxygens (including phenoxy) is 1. The molecule has 2 nitrogen and oxygen atoms in total. The van der Waals surface area contributed by atoms with E-state index < -0.39 is 0 Å². The van der Waals surface area contributed by atoms with E-state index in [1.54, 1.807) is 0 Å². The molecular weight excluding hydrogens is 138 g/mol. The molecule has 1 N–H and O–H groups in total. The van der Waals surface area contributed by atoms with Crippen molar-refractivity contribution in [3.8, 4) is 0 Å². The Labute approximate surface area is 68.5 Å². The van der Waals surface area contributed by atoms with Gasteiger partial charge < -0.3 is 10.1 Å². The van der Waals surface area contributed by atoms with Gasteiger partial charge in [0.25, 0.3) is 0 Å². The fourth-order valence-corrected chi connectivity index (χ4v) is 1.41. The van der Waals surface area contributed by atoms with E-state index in [2.05, 4.69) is 0 Å². The summed E-state index contributed by atoms with van der Waals surface area (Å²) >= 11 is 0. The molecule has 0 aromatic heterocycles. The minimum absolute atomic E-state index is 0.253. The summed E-state index contributed by atoms with van der Waals surface area (Å²) in [4.78, 5) is 0. The van der Waals surface area contributed by atoms with Crippen LogP contribution in [0.15, 0.2) is 0 Å². The number of nitrogens with one attached hydrogen (secondary N) is 1. The third kappa shape index (κ3) is 2.03. The Bertz CT molecular complexity index is 146. The molecule has 1 unspecified atom stereocenters. The van der Waals surface area contributed by atoms with Crippen LogP contribution in [0.2, 0.25) is 0 Å². The predicted octanol–water partition coefficient (Wildman–Crippen LogP) is 2.38. The van der Waals surface area contributed by atoms with Gasteiger partial charge in [0, 0.05) is 12.3 Å². The van der Waals surface area contributed by atoms with Crippen LogP contribution in [-0.4, -0.2) is 17.9 Å². The second-order valence-corrected chi connectivity index (χ2v) is 3.51. The topological polar surface area (TPSA) is 33.1 Å². The molecule has 11 heavy (non-hydrogen) atoms. The SMILES string of the molecule is CC(=N)C1(C)CCCCCO1. The minimum Gasteiger partial charge on any atom is -0.369 e. The Morgan fingerprint density at radius 1 is 1.36 bits per heavy atom. The molecule has 0 radical (unpaired) electrons. The van der Waals surface area contributed by atoms with Crippen molar-refractivity contribution in [2.45, 2.75) is 45.1 Å². The molecule has 1 aliphatic rings. The molecule has 1 heterocycles. The molecule has 0 amide bonds. The number of hydrogen-bond acceptors (Lipinski definition) is 2. The maximum absolute atomic E-state index is 7.56. The quantitative estimate of drug-likeness (QED) is 0.579. The van der Waals surface area contributed by atoms with Crippen LogP contribution >= 0.6 is 0 Å². The van der Waals surface area contributed by atoms with Crippen LogP contribution in [-0.2, 0) is 4.74 Å². The monoisotopic (exact) mass is 155 g/mol. The molecule has 0 aromatic carbocycles. The van der Waals surface area contributed by atoms with Crippen molar-refractivity contribution in [3.63, 3.8) is 0 Å². The molecule has 2 heteroatoms. The highest BCUT2D eigenvalue weighted by Crippen LogP contribution is 2.24. The lowest BCUT2D eigenvalue weighted by Gasteiger charge is -2.26. The van der Waals surface area contributed by atoms with Crippen LogP contribution in [0.3, 0.4) is 0 Å². The van der Waals surface area contributed by atoms with Gasteiger partial charge in [0.1, 0.15) is 5.60 Å². The third-order valence-electron chi connectivity index (χ3n) is 2.51. The lowest BCUT2D eigenvalue weighted by atomic mass is 9.95. The summed E-state index contributed by atoms with van der Waals surface area (Å²) in [7, 11) is 0. The Hall–Kier alpha value is -0.370. The van der Waals surface area contributed by atoms with E-state index in [9.17, 15) is 0 Å². The first-order chi connectivity index (χ1) is 5.15. The van der Waals surface area contributed by atoms with E-state index in [1.807, 2.05) is 13.8 Å². The molecule has 1 atom stereocenters. The second kappa shape index (κ2) is 3.35. The summed E-state index contributed by atoms with van der Waals surface area (Å²) in [5.41, 5.74) is 0.413. The smallest absolute Gasteiger partial charge is 0.102 e. The average Bonchev–Trinajstić information content (AvgIpc) is 2.15.